The Morgan fingerprint density at radius 1 is 1.12 bits per heavy atom. The molecule has 1 amide bonds. The first-order valence-corrected chi connectivity index (χ1v) is 7.58. The van der Waals surface area contributed by atoms with Gasteiger partial charge in [-0.2, -0.15) is 0 Å². The van der Waals surface area contributed by atoms with E-state index in [1.165, 1.54) is 12.1 Å². The van der Waals surface area contributed by atoms with E-state index < -0.39 is 12.3 Å². The van der Waals surface area contributed by atoms with Crippen LogP contribution in [0.25, 0.3) is 0 Å². The number of aromatic nitrogens is 1. The molecule has 1 N–H and O–H groups in total. The van der Waals surface area contributed by atoms with E-state index in [9.17, 15) is 18.0 Å². The largest absolute Gasteiger partial charge is 0.573 e. The quantitative estimate of drug-likeness (QED) is 0.724. The zero-order chi connectivity index (χ0) is 19.0. The Kier molecular flexibility index (Phi) is 6.79. The van der Waals surface area contributed by atoms with Crippen LogP contribution in [0.3, 0.4) is 0 Å². The van der Waals surface area contributed by atoms with Crippen LogP contribution in [0.5, 0.6) is 11.6 Å². The first-order valence-electron chi connectivity index (χ1n) is 7.58. The Balaban J connectivity index is 1.84. The molecule has 0 radical (unpaired) electrons. The molecule has 2 aromatic rings. The molecule has 140 valence electrons. The van der Waals surface area contributed by atoms with Gasteiger partial charge in [-0.25, -0.2) is 4.98 Å². The van der Waals surface area contributed by atoms with Crippen molar-refractivity contribution in [3.8, 4) is 11.6 Å². The number of nitrogens with one attached hydrogen (secondary N) is 1. The molecular weight excluding hydrogens is 353 g/mol. The van der Waals surface area contributed by atoms with Gasteiger partial charge in [-0.1, -0.05) is 6.07 Å². The molecule has 2 rings (SSSR count). The summed E-state index contributed by atoms with van der Waals surface area (Å²) in [6.45, 7) is 1.05. The molecule has 26 heavy (non-hydrogen) atoms. The molecule has 1 aromatic carbocycles. The lowest BCUT2D eigenvalue weighted by Crippen LogP contribution is -2.23. The van der Waals surface area contributed by atoms with Crippen LogP contribution in [0, 0.1) is 0 Å². The Morgan fingerprint density at radius 3 is 2.42 bits per heavy atom. The number of rotatable bonds is 8. The highest BCUT2D eigenvalue weighted by Gasteiger charge is 2.31. The molecule has 9 heteroatoms. The molecule has 0 saturated heterocycles. The molecule has 0 aliphatic carbocycles. The van der Waals surface area contributed by atoms with E-state index in [1.807, 2.05) is 0 Å². The van der Waals surface area contributed by atoms with Gasteiger partial charge in [-0.3, -0.25) is 4.79 Å². The second-order valence-corrected chi connectivity index (χ2v) is 5.10. The predicted molar refractivity (Wildman–Crippen MR) is 85.9 cm³/mol. The van der Waals surface area contributed by atoms with Crippen LogP contribution in [0.4, 0.5) is 13.2 Å². The highest BCUT2D eigenvalue weighted by Crippen LogP contribution is 2.22. The summed E-state index contributed by atoms with van der Waals surface area (Å²) in [6.07, 6.45) is -3.21. The van der Waals surface area contributed by atoms with Crippen molar-refractivity contribution in [2.75, 3.05) is 20.3 Å². The number of amides is 1. The molecule has 0 bridgehead atoms. The number of methoxy groups -OCH3 is 1. The minimum absolute atomic E-state index is 0.213. The van der Waals surface area contributed by atoms with Gasteiger partial charge < -0.3 is 19.5 Å². The Bertz CT molecular complexity index is 703. The fourth-order valence-corrected chi connectivity index (χ4v) is 1.92. The van der Waals surface area contributed by atoms with E-state index >= 15 is 0 Å². The van der Waals surface area contributed by atoms with Gasteiger partial charge in [0.25, 0.3) is 5.91 Å². The molecule has 0 atom stereocenters. The highest BCUT2D eigenvalue weighted by atomic mass is 19.4. The van der Waals surface area contributed by atoms with Gasteiger partial charge in [0.1, 0.15) is 12.4 Å². The molecule has 0 aliphatic heterocycles. The maximum absolute atomic E-state index is 12.1. The normalized spacial score (nSPS) is 11.1. The first-order chi connectivity index (χ1) is 12.4. The van der Waals surface area contributed by atoms with E-state index in [2.05, 4.69) is 15.0 Å². The van der Waals surface area contributed by atoms with Gasteiger partial charge in [0.2, 0.25) is 5.88 Å². The number of ether oxygens (including phenoxy) is 3. The summed E-state index contributed by atoms with van der Waals surface area (Å²) in [6, 6.07) is 8.07. The third-order valence-corrected chi connectivity index (χ3v) is 3.14. The zero-order valence-corrected chi connectivity index (χ0v) is 13.9. The molecule has 6 nitrogen and oxygen atoms in total. The predicted octanol–water partition coefficient (Wildman–Crippen LogP) is 2.94. The number of benzene rings is 1. The summed E-state index contributed by atoms with van der Waals surface area (Å²) in [5, 5.41) is 2.65. The van der Waals surface area contributed by atoms with Crippen molar-refractivity contribution < 1.29 is 32.2 Å². The number of carbonyl (C=O) groups is 1. The molecule has 0 saturated carbocycles. The van der Waals surface area contributed by atoms with Gasteiger partial charge in [0.05, 0.1) is 6.61 Å². The maximum Gasteiger partial charge on any atom is 0.573 e. The van der Waals surface area contributed by atoms with Crippen LogP contribution in [0.1, 0.15) is 15.9 Å². The van der Waals surface area contributed by atoms with E-state index in [1.54, 1.807) is 25.4 Å². The number of hydrogen-bond acceptors (Lipinski definition) is 5. The van der Waals surface area contributed by atoms with Crippen LogP contribution >= 0.6 is 0 Å². The highest BCUT2D eigenvalue weighted by molar-refractivity contribution is 5.94. The summed E-state index contributed by atoms with van der Waals surface area (Å²) in [4.78, 5) is 16.1. The lowest BCUT2D eigenvalue weighted by Gasteiger charge is -2.10. The van der Waals surface area contributed by atoms with Crippen LogP contribution in [0.2, 0.25) is 0 Å². The molecule has 0 fully saturated rings. The van der Waals surface area contributed by atoms with Crippen LogP contribution in [0.15, 0.2) is 42.6 Å². The van der Waals surface area contributed by atoms with Crippen molar-refractivity contribution in [2.24, 2.45) is 0 Å². The number of alkyl halides is 3. The summed E-state index contributed by atoms with van der Waals surface area (Å²) in [5.41, 5.74) is 0.960. The number of pyridine rings is 1. The van der Waals surface area contributed by atoms with Gasteiger partial charge in [-0.05, 0) is 29.8 Å². The van der Waals surface area contributed by atoms with Crippen molar-refractivity contribution in [2.45, 2.75) is 12.9 Å². The zero-order valence-electron chi connectivity index (χ0n) is 13.9. The maximum atomic E-state index is 12.1. The van der Waals surface area contributed by atoms with Crippen molar-refractivity contribution in [1.82, 2.24) is 10.3 Å². The van der Waals surface area contributed by atoms with Crippen molar-refractivity contribution in [3.05, 3.63) is 53.7 Å². The molecule has 1 heterocycles. The van der Waals surface area contributed by atoms with E-state index in [0.29, 0.717) is 19.1 Å². The van der Waals surface area contributed by atoms with Gasteiger partial charge in [0.15, 0.2) is 0 Å². The van der Waals surface area contributed by atoms with Crippen LogP contribution < -0.4 is 14.8 Å². The summed E-state index contributed by atoms with van der Waals surface area (Å²) in [7, 11) is 1.57. The van der Waals surface area contributed by atoms with Crippen molar-refractivity contribution in [1.29, 1.82) is 0 Å². The van der Waals surface area contributed by atoms with E-state index in [-0.39, 0.29) is 17.9 Å². The van der Waals surface area contributed by atoms with E-state index in [4.69, 9.17) is 9.47 Å². The van der Waals surface area contributed by atoms with Crippen molar-refractivity contribution in [3.63, 3.8) is 0 Å². The SMILES string of the molecule is COCCOc1ccc(CNC(=O)c2ccc(OC(F)(F)F)cc2)cn1. The fourth-order valence-electron chi connectivity index (χ4n) is 1.92. The molecule has 0 aliphatic rings. The average molecular weight is 370 g/mol. The lowest BCUT2D eigenvalue weighted by molar-refractivity contribution is -0.274. The molecule has 0 spiro atoms. The molecular formula is C17H17F3N2O4. The smallest absolute Gasteiger partial charge is 0.475 e. The minimum Gasteiger partial charge on any atom is -0.475 e. The summed E-state index contributed by atoms with van der Waals surface area (Å²) >= 11 is 0. The fraction of sp³-hybridized carbons (Fsp3) is 0.294. The molecule has 1 aromatic heterocycles. The number of carbonyl (C=O) groups excluding carboxylic acids is 1. The average Bonchev–Trinajstić information content (AvgIpc) is 2.60. The monoisotopic (exact) mass is 370 g/mol. The van der Waals surface area contributed by atoms with Crippen LogP contribution in [-0.4, -0.2) is 37.6 Å². The standard InChI is InChI=1S/C17H17F3N2O4/c1-24-8-9-25-15-7-2-12(10-21-15)11-22-16(23)13-3-5-14(6-4-13)26-17(18,19)20/h2-7,10H,8-9,11H2,1H3,(H,22,23). The summed E-state index contributed by atoms with van der Waals surface area (Å²) < 4.78 is 50.2. The van der Waals surface area contributed by atoms with Gasteiger partial charge >= 0.3 is 6.36 Å². The number of halogens is 3. The van der Waals surface area contributed by atoms with Gasteiger partial charge in [0, 0.05) is 31.5 Å². The molecule has 0 unspecified atom stereocenters. The first kappa shape index (κ1) is 19.5. The van der Waals surface area contributed by atoms with Crippen molar-refractivity contribution >= 4 is 5.91 Å². The Hall–Kier alpha value is -2.81. The third kappa shape index (κ3) is 6.60. The lowest BCUT2D eigenvalue weighted by atomic mass is 10.2. The second-order valence-electron chi connectivity index (χ2n) is 5.10. The third-order valence-electron chi connectivity index (χ3n) is 3.14. The Morgan fingerprint density at radius 2 is 1.85 bits per heavy atom. The van der Waals surface area contributed by atoms with Gasteiger partial charge in [-0.15, -0.1) is 13.2 Å². The summed E-state index contributed by atoms with van der Waals surface area (Å²) in [5.74, 6) is -0.372. The minimum atomic E-state index is -4.77. The number of hydrogen-bond donors (Lipinski definition) is 1. The Labute approximate surface area is 147 Å². The number of nitrogens with zero attached hydrogens (tertiary/aromatic N) is 1. The second kappa shape index (κ2) is 9.04. The van der Waals surface area contributed by atoms with Crippen LogP contribution in [-0.2, 0) is 11.3 Å². The van der Waals surface area contributed by atoms with E-state index in [0.717, 1.165) is 17.7 Å². The topological polar surface area (TPSA) is 69.7 Å².